The Bertz CT molecular complexity index is 753. The lowest BCUT2D eigenvalue weighted by Crippen LogP contribution is -2.37. The summed E-state index contributed by atoms with van der Waals surface area (Å²) >= 11 is 0. The Morgan fingerprint density at radius 2 is 1.59 bits per heavy atom. The van der Waals surface area contributed by atoms with Crippen LogP contribution in [0.25, 0.3) is 0 Å². The summed E-state index contributed by atoms with van der Waals surface area (Å²) in [5, 5.41) is 0. The Balaban J connectivity index is 1.58. The maximum absolute atomic E-state index is 12.8. The lowest BCUT2D eigenvalue weighted by molar-refractivity contribution is 0.0719. The molecule has 144 valence electrons. The molecule has 2 amide bonds. The summed E-state index contributed by atoms with van der Waals surface area (Å²) in [5.74, 6) is 1.25. The number of nitrogens with zero attached hydrogens (tertiary/aromatic N) is 2. The van der Waals surface area contributed by atoms with Gasteiger partial charge < -0.3 is 19.5 Å². The van der Waals surface area contributed by atoms with Crippen LogP contribution in [0, 0.1) is 5.92 Å². The number of aromatic amines is 1. The van der Waals surface area contributed by atoms with Crippen molar-refractivity contribution >= 4 is 11.8 Å². The number of carbonyl (C=O) groups excluding carboxylic acids is 2. The molecule has 1 fully saturated rings. The third kappa shape index (κ3) is 4.90. The number of hydrogen-bond donors (Lipinski definition) is 1. The monoisotopic (exact) mass is 369 g/mol. The average molecular weight is 369 g/mol. The van der Waals surface area contributed by atoms with Gasteiger partial charge in [-0.2, -0.15) is 0 Å². The molecule has 1 saturated heterocycles. The number of benzene rings is 1. The summed E-state index contributed by atoms with van der Waals surface area (Å²) in [5.41, 5.74) is 1.31. The highest BCUT2D eigenvalue weighted by Gasteiger charge is 2.23. The van der Waals surface area contributed by atoms with Crippen LogP contribution < -0.4 is 4.74 Å². The Morgan fingerprint density at radius 1 is 0.963 bits per heavy atom. The smallest absolute Gasteiger partial charge is 0.255 e. The maximum atomic E-state index is 12.8. The van der Waals surface area contributed by atoms with Crippen LogP contribution in [-0.4, -0.2) is 59.4 Å². The van der Waals surface area contributed by atoms with Crippen molar-refractivity contribution in [2.45, 2.75) is 20.3 Å². The second kappa shape index (κ2) is 8.75. The normalized spacial score (nSPS) is 14.9. The molecule has 2 aromatic rings. The van der Waals surface area contributed by atoms with E-state index in [0.29, 0.717) is 49.8 Å². The zero-order valence-corrected chi connectivity index (χ0v) is 16.0. The van der Waals surface area contributed by atoms with Crippen LogP contribution in [0.5, 0.6) is 5.75 Å². The summed E-state index contributed by atoms with van der Waals surface area (Å²) < 4.78 is 5.67. The number of nitrogens with one attached hydrogen (secondary N) is 1. The van der Waals surface area contributed by atoms with E-state index in [1.165, 1.54) is 0 Å². The van der Waals surface area contributed by atoms with Crippen molar-refractivity contribution in [3.05, 3.63) is 53.9 Å². The van der Waals surface area contributed by atoms with Crippen molar-refractivity contribution in [1.29, 1.82) is 0 Å². The van der Waals surface area contributed by atoms with Crippen molar-refractivity contribution in [3.8, 4) is 5.75 Å². The van der Waals surface area contributed by atoms with Crippen LogP contribution in [0.2, 0.25) is 0 Å². The van der Waals surface area contributed by atoms with E-state index in [9.17, 15) is 9.59 Å². The van der Waals surface area contributed by atoms with E-state index in [-0.39, 0.29) is 11.8 Å². The first kappa shape index (κ1) is 19.0. The number of H-pyrrole nitrogens is 1. The Hall–Kier alpha value is -2.76. The number of hydrogen-bond acceptors (Lipinski definition) is 3. The lowest BCUT2D eigenvalue weighted by Gasteiger charge is -2.22. The van der Waals surface area contributed by atoms with Gasteiger partial charge in [-0.25, -0.2) is 0 Å². The maximum Gasteiger partial charge on any atom is 0.255 e. The number of amides is 2. The topological polar surface area (TPSA) is 65.6 Å². The number of carbonyl (C=O) groups is 2. The third-order valence-electron chi connectivity index (χ3n) is 4.60. The van der Waals surface area contributed by atoms with Gasteiger partial charge in [0.1, 0.15) is 5.75 Å². The van der Waals surface area contributed by atoms with E-state index in [1.807, 2.05) is 34.1 Å². The second-order valence-corrected chi connectivity index (χ2v) is 7.27. The molecule has 0 unspecified atom stereocenters. The van der Waals surface area contributed by atoms with Crippen molar-refractivity contribution in [2.75, 3.05) is 32.8 Å². The predicted molar refractivity (Wildman–Crippen MR) is 104 cm³/mol. The lowest BCUT2D eigenvalue weighted by atomic mass is 10.2. The Morgan fingerprint density at radius 3 is 2.15 bits per heavy atom. The summed E-state index contributed by atoms with van der Waals surface area (Å²) in [6.07, 6.45) is 4.23. The average Bonchev–Trinajstić information content (AvgIpc) is 3.10. The van der Waals surface area contributed by atoms with Gasteiger partial charge in [0.25, 0.3) is 11.8 Å². The summed E-state index contributed by atoms with van der Waals surface area (Å²) in [4.78, 5) is 31.9. The molecule has 0 saturated carbocycles. The Labute approximate surface area is 160 Å². The van der Waals surface area contributed by atoms with E-state index in [4.69, 9.17) is 4.74 Å². The minimum atomic E-state index is 0.00125. The minimum Gasteiger partial charge on any atom is -0.493 e. The SMILES string of the molecule is CC(C)COc1ccc(C(=O)N2CCCN(C(=O)c3cc[nH]c3)CC2)cc1. The molecule has 3 rings (SSSR count). The molecule has 6 heteroatoms. The number of ether oxygens (including phenoxy) is 1. The first-order chi connectivity index (χ1) is 13.0. The molecule has 2 heterocycles. The molecule has 0 bridgehead atoms. The van der Waals surface area contributed by atoms with E-state index >= 15 is 0 Å². The molecule has 1 aromatic heterocycles. The fourth-order valence-electron chi connectivity index (χ4n) is 3.10. The van der Waals surface area contributed by atoms with Gasteiger partial charge in [-0.15, -0.1) is 0 Å². The van der Waals surface area contributed by atoms with Crippen molar-refractivity contribution in [1.82, 2.24) is 14.8 Å². The van der Waals surface area contributed by atoms with Crippen LogP contribution >= 0.6 is 0 Å². The van der Waals surface area contributed by atoms with Gasteiger partial charge in [-0.3, -0.25) is 9.59 Å². The van der Waals surface area contributed by atoms with E-state index in [0.717, 1.165) is 12.2 Å². The molecule has 0 aliphatic carbocycles. The van der Waals surface area contributed by atoms with Gasteiger partial charge in [-0.1, -0.05) is 13.8 Å². The third-order valence-corrected chi connectivity index (χ3v) is 4.60. The van der Waals surface area contributed by atoms with Crippen LogP contribution in [0.1, 0.15) is 41.0 Å². The molecule has 27 heavy (non-hydrogen) atoms. The zero-order valence-electron chi connectivity index (χ0n) is 16.0. The quantitative estimate of drug-likeness (QED) is 0.881. The highest BCUT2D eigenvalue weighted by Crippen LogP contribution is 2.16. The standard InChI is InChI=1S/C21H27N3O3/c1-16(2)15-27-19-6-4-17(5-7-19)20(25)23-10-3-11-24(13-12-23)21(26)18-8-9-22-14-18/h4-9,14,16,22H,3,10-13,15H2,1-2H3. The van der Waals surface area contributed by atoms with Crippen LogP contribution in [0.4, 0.5) is 0 Å². The fourth-order valence-corrected chi connectivity index (χ4v) is 3.10. The molecule has 1 aliphatic heterocycles. The first-order valence-electron chi connectivity index (χ1n) is 9.49. The Kier molecular flexibility index (Phi) is 6.16. The molecule has 0 radical (unpaired) electrons. The first-order valence-corrected chi connectivity index (χ1v) is 9.49. The van der Waals surface area contributed by atoms with Crippen LogP contribution in [0.15, 0.2) is 42.7 Å². The molecule has 1 aromatic carbocycles. The largest absolute Gasteiger partial charge is 0.493 e. The summed E-state index contributed by atoms with van der Waals surface area (Å²) in [6.45, 7) is 7.26. The molecular weight excluding hydrogens is 342 g/mol. The van der Waals surface area contributed by atoms with Crippen molar-refractivity contribution in [3.63, 3.8) is 0 Å². The zero-order chi connectivity index (χ0) is 19.2. The second-order valence-electron chi connectivity index (χ2n) is 7.27. The van der Waals surface area contributed by atoms with Gasteiger partial charge in [0.15, 0.2) is 0 Å². The summed E-state index contributed by atoms with van der Waals surface area (Å²) in [6, 6.07) is 9.08. The van der Waals surface area contributed by atoms with Gasteiger partial charge in [0.2, 0.25) is 0 Å². The van der Waals surface area contributed by atoms with E-state index in [1.54, 1.807) is 18.5 Å². The van der Waals surface area contributed by atoms with Crippen molar-refractivity contribution < 1.29 is 14.3 Å². The molecular formula is C21H27N3O3. The van der Waals surface area contributed by atoms with Crippen molar-refractivity contribution in [2.24, 2.45) is 5.92 Å². The minimum absolute atomic E-state index is 0.00125. The van der Waals surface area contributed by atoms with Crippen LogP contribution in [0.3, 0.4) is 0 Å². The summed E-state index contributed by atoms with van der Waals surface area (Å²) in [7, 11) is 0. The van der Waals surface area contributed by atoms with Gasteiger partial charge >= 0.3 is 0 Å². The molecule has 1 N–H and O–H groups in total. The molecule has 0 spiro atoms. The van der Waals surface area contributed by atoms with Gasteiger partial charge in [0.05, 0.1) is 12.2 Å². The highest BCUT2D eigenvalue weighted by molar-refractivity contribution is 5.95. The van der Waals surface area contributed by atoms with Gasteiger partial charge in [0, 0.05) is 44.1 Å². The highest BCUT2D eigenvalue weighted by atomic mass is 16.5. The fraction of sp³-hybridized carbons (Fsp3) is 0.429. The van der Waals surface area contributed by atoms with Gasteiger partial charge in [-0.05, 0) is 42.7 Å². The molecule has 6 nitrogen and oxygen atoms in total. The van der Waals surface area contributed by atoms with E-state index < -0.39 is 0 Å². The number of rotatable bonds is 5. The number of aromatic nitrogens is 1. The van der Waals surface area contributed by atoms with E-state index in [2.05, 4.69) is 18.8 Å². The molecule has 1 aliphatic rings. The predicted octanol–water partition coefficient (Wildman–Crippen LogP) is 3.04. The van der Waals surface area contributed by atoms with Crippen LogP contribution in [-0.2, 0) is 0 Å². The molecule has 0 atom stereocenters.